The standard InChI is InChI=1S/C14H15N3O2/c1-2-11-5-7-12(8-6-11)16-13(18)10-17-14(19)4-3-9-15-17/h3-9H,2,10H2,1H3,(H,16,18). The van der Waals surface area contributed by atoms with Gasteiger partial charge in [-0.25, -0.2) is 4.68 Å². The molecule has 1 N–H and O–H groups in total. The first-order chi connectivity index (χ1) is 9.19. The first-order valence-corrected chi connectivity index (χ1v) is 6.10. The van der Waals surface area contributed by atoms with E-state index in [1.165, 1.54) is 17.8 Å². The average molecular weight is 257 g/mol. The Kier molecular flexibility index (Phi) is 4.07. The van der Waals surface area contributed by atoms with Crippen molar-refractivity contribution >= 4 is 11.6 Å². The largest absolute Gasteiger partial charge is 0.324 e. The lowest BCUT2D eigenvalue weighted by Crippen LogP contribution is -2.28. The molecular weight excluding hydrogens is 242 g/mol. The summed E-state index contributed by atoms with van der Waals surface area (Å²) in [6, 6.07) is 10.5. The Morgan fingerprint density at radius 1 is 1.26 bits per heavy atom. The van der Waals surface area contributed by atoms with Crippen LogP contribution >= 0.6 is 0 Å². The number of amides is 1. The van der Waals surface area contributed by atoms with Crippen molar-refractivity contribution in [3.8, 4) is 0 Å². The topological polar surface area (TPSA) is 64.0 Å². The molecular formula is C14H15N3O2. The van der Waals surface area contributed by atoms with Crippen molar-refractivity contribution in [3.05, 3.63) is 58.5 Å². The quantitative estimate of drug-likeness (QED) is 0.901. The molecule has 0 aliphatic heterocycles. The highest BCUT2D eigenvalue weighted by Gasteiger charge is 2.05. The molecule has 2 rings (SSSR count). The van der Waals surface area contributed by atoms with Crippen LogP contribution in [0.4, 0.5) is 5.69 Å². The van der Waals surface area contributed by atoms with Crippen LogP contribution in [-0.2, 0) is 17.8 Å². The minimum atomic E-state index is -0.293. The number of carbonyl (C=O) groups excluding carboxylic acids is 1. The van der Waals surface area contributed by atoms with Gasteiger partial charge < -0.3 is 5.32 Å². The fourth-order valence-corrected chi connectivity index (χ4v) is 1.67. The fraction of sp³-hybridized carbons (Fsp3) is 0.214. The van der Waals surface area contributed by atoms with E-state index in [2.05, 4.69) is 17.3 Å². The molecule has 0 aliphatic rings. The van der Waals surface area contributed by atoms with E-state index in [0.717, 1.165) is 11.1 Å². The minimum absolute atomic E-state index is 0.0881. The zero-order valence-electron chi connectivity index (χ0n) is 10.7. The van der Waals surface area contributed by atoms with E-state index in [9.17, 15) is 9.59 Å². The summed E-state index contributed by atoms with van der Waals surface area (Å²) in [4.78, 5) is 23.2. The van der Waals surface area contributed by atoms with Gasteiger partial charge in [-0.05, 0) is 30.2 Å². The van der Waals surface area contributed by atoms with Gasteiger partial charge in [0.05, 0.1) is 0 Å². The van der Waals surface area contributed by atoms with Crippen molar-refractivity contribution in [2.75, 3.05) is 5.32 Å². The van der Waals surface area contributed by atoms with E-state index in [1.807, 2.05) is 24.3 Å². The molecule has 0 aliphatic carbocycles. The molecule has 1 heterocycles. The van der Waals surface area contributed by atoms with Crippen LogP contribution < -0.4 is 10.9 Å². The van der Waals surface area contributed by atoms with Crippen LogP contribution in [0.5, 0.6) is 0 Å². The smallest absolute Gasteiger partial charge is 0.267 e. The minimum Gasteiger partial charge on any atom is -0.324 e. The van der Waals surface area contributed by atoms with Gasteiger partial charge in [0.2, 0.25) is 5.91 Å². The van der Waals surface area contributed by atoms with Gasteiger partial charge in [0.1, 0.15) is 6.54 Å². The summed E-state index contributed by atoms with van der Waals surface area (Å²) in [6.45, 7) is 1.98. The zero-order valence-corrected chi connectivity index (χ0v) is 10.7. The number of aryl methyl sites for hydroxylation is 1. The molecule has 1 aromatic heterocycles. The van der Waals surface area contributed by atoms with Gasteiger partial charge in [0.15, 0.2) is 0 Å². The SMILES string of the molecule is CCc1ccc(NC(=O)Cn2ncccc2=O)cc1. The lowest BCUT2D eigenvalue weighted by Gasteiger charge is -2.06. The monoisotopic (exact) mass is 257 g/mol. The summed E-state index contributed by atoms with van der Waals surface area (Å²) in [7, 11) is 0. The molecule has 19 heavy (non-hydrogen) atoms. The third kappa shape index (κ3) is 3.51. The van der Waals surface area contributed by atoms with E-state index in [4.69, 9.17) is 0 Å². The van der Waals surface area contributed by atoms with Gasteiger partial charge in [-0.3, -0.25) is 9.59 Å². The zero-order chi connectivity index (χ0) is 13.7. The Morgan fingerprint density at radius 2 is 2.00 bits per heavy atom. The molecule has 0 radical (unpaired) electrons. The number of hydrogen-bond donors (Lipinski definition) is 1. The summed E-state index contributed by atoms with van der Waals surface area (Å²) in [5.74, 6) is -0.273. The van der Waals surface area contributed by atoms with E-state index < -0.39 is 0 Å². The number of anilines is 1. The molecule has 0 bridgehead atoms. The van der Waals surface area contributed by atoms with E-state index >= 15 is 0 Å². The average Bonchev–Trinajstić information content (AvgIpc) is 2.42. The third-order valence-electron chi connectivity index (χ3n) is 2.72. The maximum absolute atomic E-state index is 11.8. The van der Waals surface area contributed by atoms with Crippen molar-refractivity contribution in [2.45, 2.75) is 19.9 Å². The molecule has 5 heteroatoms. The van der Waals surface area contributed by atoms with Gasteiger partial charge in [0.25, 0.3) is 5.56 Å². The molecule has 98 valence electrons. The maximum atomic E-state index is 11.8. The molecule has 0 unspecified atom stereocenters. The summed E-state index contributed by atoms with van der Waals surface area (Å²) in [6.07, 6.45) is 2.43. The first-order valence-electron chi connectivity index (χ1n) is 6.10. The van der Waals surface area contributed by atoms with Crippen molar-refractivity contribution in [1.29, 1.82) is 0 Å². The summed E-state index contributed by atoms with van der Waals surface area (Å²) < 4.78 is 1.12. The van der Waals surface area contributed by atoms with Gasteiger partial charge in [-0.15, -0.1) is 0 Å². The summed E-state index contributed by atoms with van der Waals surface area (Å²) in [5, 5.41) is 6.56. The van der Waals surface area contributed by atoms with Crippen molar-refractivity contribution < 1.29 is 4.79 Å². The molecule has 0 spiro atoms. The van der Waals surface area contributed by atoms with Crippen molar-refractivity contribution in [1.82, 2.24) is 9.78 Å². The Bertz CT molecular complexity index is 617. The van der Waals surface area contributed by atoms with Gasteiger partial charge >= 0.3 is 0 Å². The van der Waals surface area contributed by atoms with Crippen LogP contribution in [0.1, 0.15) is 12.5 Å². The lowest BCUT2D eigenvalue weighted by molar-refractivity contribution is -0.117. The first kappa shape index (κ1) is 13.0. The van der Waals surface area contributed by atoms with Crippen molar-refractivity contribution in [2.24, 2.45) is 0 Å². The van der Waals surface area contributed by atoms with Crippen LogP contribution in [0, 0.1) is 0 Å². The van der Waals surface area contributed by atoms with E-state index in [0.29, 0.717) is 5.69 Å². The van der Waals surface area contributed by atoms with E-state index in [1.54, 1.807) is 6.07 Å². The number of hydrogen-bond acceptors (Lipinski definition) is 3. The Hall–Kier alpha value is -2.43. The number of benzene rings is 1. The van der Waals surface area contributed by atoms with Gasteiger partial charge in [-0.2, -0.15) is 5.10 Å². The molecule has 0 atom stereocenters. The number of carbonyl (C=O) groups is 1. The highest BCUT2D eigenvalue weighted by molar-refractivity contribution is 5.90. The number of rotatable bonds is 4. The predicted octanol–water partition coefficient (Wildman–Crippen LogP) is 1.44. The Balaban J connectivity index is 2.01. The van der Waals surface area contributed by atoms with Crippen LogP contribution in [0.15, 0.2) is 47.4 Å². The molecule has 0 saturated carbocycles. The molecule has 5 nitrogen and oxygen atoms in total. The van der Waals surface area contributed by atoms with E-state index in [-0.39, 0.29) is 18.0 Å². The van der Waals surface area contributed by atoms with Crippen LogP contribution in [0.3, 0.4) is 0 Å². The van der Waals surface area contributed by atoms with Gasteiger partial charge in [0, 0.05) is 18.0 Å². The summed E-state index contributed by atoms with van der Waals surface area (Å²) in [5.41, 5.74) is 1.63. The fourth-order valence-electron chi connectivity index (χ4n) is 1.67. The Labute approximate surface area is 110 Å². The Morgan fingerprint density at radius 3 is 2.63 bits per heavy atom. The van der Waals surface area contributed by atoms with Crippen LogP contribution in [-0.4, -0.2) is 15.7 Å². The lowest BCUT2D eigenvalue weighted by atomic mass is 10.1. The molecule has 1 amide bonds. The predicted molar refractivity (Wildman–Crippen MR) is 72.9 cm³/mol. The third-order valence-corrected chi connectivity index (χ3v) is 2.72. The molecule has 0 fully saturated rings. The second-order valence-corrected chi connectivity index (χ2v) is 4.12. The second-order valence-electron chi connectivity index (χ2n) is 4.12. The van der Waals surface area contributed by atoms with Gasteiger partial charge in [-0.1, -0.05) is 19.1 Å². The highest BCUT2D eigenvalue weighted by Crippen LogP contribution is 2.09. The molecule has 2 aromatic rings. The van der Waals surface area contributed by atoms with Crippen LogP contribution in [0.2, 0.25) is 0 Å². The van der Waals surface area contributed by atoms with Crippen LogP contribution in [0.25, 0.3) is 0 Å². The van der Waals surface area contributed by atoms with Crippen molar-refractivity contribution in [3.63, 3.8) is 0 Å². The highest BCUT2D eigenvalue weighted by atomic mass is 16.2. The normalized spacial score (nSPS) is 10.2. The number of nitrogens with zero attached hydrogens (tertiary/aromatic N) is 2. The number of nitrogens with one attached hydrogen (secondary N) is 1. The number of aromatic nitrogens is 2. The second kappa shape index (κ2) is 5.95. The summed E-state index contributed by atoms with van der Waals surface area (Å²) >= 11 is 0. The molecule has 0 saturated heterocycles. The molecule has 1 aromatic carbocycles. The maximum Gasteiger partial charge on any atom is 0.267 e.